The monoisotopic (exact) mass is 327 g/mol. The predicted octanol–water partition coefficient (Wildman–Crippen LogP) is 3.48. The number of aromatic nitrogens is 4. The van der Waals surface area contributed by atoms with Crippen LogP contribution in [0.3, 0.4) is 0 Å². The molecule has 1 aromatic carbocycles. The van der Waals surface area contributed by atoms with Crippen LogP contribution < -0.4 is 5.73 Å². The van der Waals surface area contributed by atoms with Crippen LogP contribution in [0.2, 0.25) is 0 Å². The maximum atomic E-state index is 6.11. The van der Waals surface area contributed by atoms with Crippen molar-refractivity contribution in [1.29, 1.82) is 0 Å². The minimum atomic E-state index is -0.168. The summed E-state index contributed by atoms with van der Waals surface area (Å²) in [5.41, 5.74) is 8.87. The largest absolute Gasteiger partial charge is 0.383 e. The molecule has 6 heteroatoms. The first-order chi connectivity index (χ1) is 10.9. The topological polar surface area (TPSA) is 69.6 Å². The van der Waals surface area contributed by atoms with Crippen molar-refractivity contribution in [2.45, 2.75) is 37.6 Å². The van der Waals surface area contributed by atoms with Gasteiger partial charge in [-0.05, 0) is 44.7 Å². The average Bonchev–Trinajstić information content (AvgIpc) is 2.88. The smallest absolute Gasteiger partial charge is 0.164 e. The minimum Gasteiger partial charge on any atom is -0.383 e. The summed E-state index contributed by atoms with van der Waals surface area (Å²) < 4.78 is 1.94. The number of thioether (sulfide) groups is 1. The summed E-state index contributed by atoms with van der Waals surface area (Å²) in [6.45, 7) is 6.32. The van der Waals surface area contributed by atoms with Crippen molar-refractivity contribution in [3.05, 3.63) is 41.9 Å². The van der Waals surface area contributed by atoms with Crippen molar-refractivity contribution in [2.75, 3.05) is 12.0 Å². The first-order valence-electron chi connectivity index (χ1n) is 7.51. The maximum Gasteiger partial charge on any atom is 0.164 e. The lowest BCUT2D eigenvalue weighted by Crippen LogP contribution is -2.23. The zero-order valence-corrected chi connectivity index (χ0v) is 14.7. The molecule has 3 aromatic rings. The molecule has 0 amide bonds. The number of hydrogen-bond donors (Lipinski definition) is 1. The third-order valence-electron chi connectivity index (χ3n) is 3.71. The molecule has 0 fully saturated rings. The number of nitrogens with two attached hydrogens (primary N) is 1. The molecule has 2 aromatic heterocycles. The van der Waals surface area contributed by atoms with Crippen LogP contribution in [0.25, 0.3) is 11.0 Å². The van der Waals surface area contributed by atoms with Crippen LogP contribution >= 0.6 is 11.8 Å². The van der Waals surface area contributed by atoms with E-state index in [0.717, 1.165) is 16.7 Å². The molecule has 0 atom stereocenters. The molecule has 2 N–H and O–H groups in total. The van der Waals surface area contributed by atoms with E-state index in [0.29, 0.717) is 12.2 Å². The van der Waals surface area contributed by atoms with Crippen LogP contribution in [-0.4, -0.2) is 26.0 Å². The van der Waals surface area contributed by atoms with Gasteiger partial charge in [0.25, 0.3) is 0 Å². The Labute approximate surface area is 140 Å². The Balaban J connectivity index is 2.13. The zero-order valence-electron chi connectivity index (χ0n) is 13.9. The molecule has 0 saturated carbocycles. The van der Waals surface area contributed by atoms with E-state index in [9.17, 15) is 0 Å². The molecule has 0 radical (unpaired) electrons. The van der Waals surface area contributed by atoms with Gasteiger partial charge in [0.2, 0.25) is 0 Å². The highest BCUT2D eigenvalue weighted by Gasteiger charge is 2.23. The molecule has 0 spiro atoms. The Morgan fingerprint density at radius 3 is 2.70 bits per heavy atom. The van der Waals surface area contributed by atoms with Gasteiger partial charge in [0.1, 0.15) is 12.1 Å². The predicted molar refractivity (Wildman–Crippen MR) is 95.8 cm³/mol. The first kappa shape index (κ1) is 15.8. The second-order valence-electron chi connectivity index (χ2n) is 6.52. The van der Waals surface area contributed by atoms with Crippen LogP contribution in [0.1, 0.15) is 32.0 Å². The first-order valence-corrected chi connectivity index (χ1v) is 8.74. The fraction of sp³-hybridized carbons (Fsp3) is 0.353. The van der Waals surface area contributed by atoms with Crippen molar-refractivity contribution < 1.29 is 0 Å². The van der Waals surface area contributed by atoms with E-state index >= 15 is 0 Å². The van der Waals surface area contributed by atoms with E-state index in [4.69, 9.17) is 10.8 Å². The summed E-state index contributed by atoms with van der Waals surface area (Å²) in [4.78, 5) is 9.80. The summed E-state index contributed by atoms with van der Waals surface area (Å²) in [6, 6.07) is 8.48. The highest BCUT2D eigenvalue weighted by atomic mass is 32.2. The van der Waals surface area contributed by atoms with Crippen molar-refractivity contribution in [3.8, 4) is 0 Å². The average molecular weight is 327 g/mol. The fourth-order valence-corrected chi connectivity index (χ4v) is 3.10. The maximum absolute atomic E-state index is 6.11. The van der Waals surface area contributed by atoms with Crippen LogP contribution in [0.5, 0.6) is 0 Å². The highest BCUT2D eigenvalue weighted by molar-refractivity contribution is 7.98. The molecule has 2 heterocycles. The normalized spacial score (nSPS) is 12.0. The van der Waals surface area contributed by atoms with Gasteiger partial charge in [0, 0.05) is 11.3 Å². The molecular formula is C17H21N5S. The lowest BCUT2D eigenvalue weighted by Gasteiger charge is -2.19. The van der Waals surface area contributed by atoms with Gasteiger partial charge in [-0.2, -0.15) is 5.10 Å². The van der Waals surface area contributed by atoms with E-state index in [2.05, 4.69) is 61.3 Å². The van der Waals surface area contributed by atoms with Gasteiger partial charge in [0.15, 0.2) is 5.65 Å². The number of benzene rings is 1. The molecule has 0 aliphatic carbocycles. The van der Waals surface area contributed by atoms with Gasteiger partial charge in [-0.15, -0.1) is 11.8 Å². The molecule has 0 saturated heterocycles. The van der Waals surface area contributed by atoms with Crippen LogP contribution in [-0.2, 0) is 12.0 Å². The van der Waals surface area contributed by atoms with E-state index < -0.39 is 0 Å². The van der Waals surface area contributed by atoms with Crippen LogP contribution in [0, 0.1) is 0 Å². The van der Waals surface area contributed by atoms with Gasteiger partial charge in [-0.3, -0.25) is 0 Å². The van der Waals surface area contributed by atoms with E-state index in [-0.39, 0.29) is 5.54 Å². The van der Waals surface area contributed by atoms with Gasteiger partial charge < -0.3 is 5.73 Å². The quantitative estimate of drug-likeness (QED) is 0.746. The number of rotatable bonds is 3. The Morgan fingerprint density at radius 2 is 2.00 bits per heavy atom. The molecule has 0 aliphatic rings. The Bertz CT molecular complexity index is 848. The standard InChI is InChI=1S/C17H21N5S/c1-17(2,3)22-16-14(15(18)19-10-20-16)13(21-22)9-11-6-5-7-12(8-11)23-4/h5-8,10H,9H2,1-4H3,(H2,18,19,20). The Morgan fingerprint density at radius 1 is 1.22 bits per heavy atom. The molecule has 5 nitrogen and oxygen atoms in total. The van der Waals surface area contributed by atoms with Gasteiger partial charge >= 0.3 is 0 Å². The number of nitrogen functional groups attached to an aromatic ring is 1. The van der Waals surface area contributed by atoms with E-state index in [1.807, 2.05) is 4.68 Å². The Kier molecular flexibility index (Phi) is 4.02. The highest BCUT2D eigenvalue weighted by Crippen LogP contribution is 2.28. The van der Waals surface area contributed by atoms with E-state index in [1.165, 1.54) is 16.8 Å². The number of hydrogen-bond acceptors (Lipinski definition) is 5. The van der Waals surface area contributed by atoms with Crippen LogP contribution in [0.15, 0.2) is 35.5 Å². The van der Waals surface area contributed by atoms with Gasteiger partial charge in [-0.25, -0.2) is 14.6 Å². The third-order valence-corrected chi connectivity index (χ3v) is 4.43. The molecule has 23 heavy (non-hydrogen) atoms. The molecule has 0 unspecified atom stereocenters. The van der Waals surface area contributed by atoms with Crippen molar-refractivity contribution >= 4 is 28.6 Å². The second kappa shape index (κ2) is 5.85. The molecule has 0 bridgehead atoms. The molecular weight excluding hydrogens is 306 g/mol. The van der Waals surface area contributed by atoms with Crippen LogP contribution in [0.4, 0.5) is 5.82 Å². The summed E-state index contributed by atoms with van der Waals surface area (Å²) in [7, 11) is 0. The van der Waals surface area contributed by atoms with Crippen molar-refractivity contribution in [1.82, 2.24) is 19.7 Å². The zero-order chi connectivity index (χ0) is 16.6. The van der Waals surface area contributed by atoms with Gasteiger partial charge in [-0.1, -0.05) is 12.1 Å². The third kappa shape index (κ3) is 3.03. The molecule has 3 rings (SSSR count). The van der Waals surface area contributed by atoms with Gasteiger partial charge in [0.05, 0.1) is 16.6 Å². The number of nitrogens with zero attached hydrogens (tertiary/aromatic N) is 4. The van der Waals surface area contributed by atoms with E-state index in [1.54, 1.807) is 11.8 Å². The molecule has 0 aliphatic heterocycles. The summed E-state index contributed by atoms with van der Waals surface area (Å²) in [6.07, 6.45) is 4.29. The second-order valence-corrected chi connectivity index (χ2v) is 7.39. The Hall–Kier alpha value is -2.08. The van der Waals surface area contributed by atoms with Crippen molar-refractivity contribution in [3.63, 3.8) is 0 Å². The lowest BCUT2D eigenvalue weighted by molar-refractivity contribution is 0.363. The number of anilines is 1. The number of fused-ring (bicyclic) bond motifs is 1. The SMILES string of the molecule is CSc1cccc(Cc2nn(C(C)(C)C)c3ncnc(N)c23)c1. The summed E-state index contributed by atoms with van der Waals surface area (Å²) >= 11 is 1.73. The fourth-order valence-electron chi connectivity index (χ4n) is 2.61. The molecule has 120 valence electrons. The minimum absolute atomic E-state index is 0.168. The van der Waals surface area contributed by atoms with Crippen molar-refractivity contribution in [2.24, 2.45) is 0 Å². The summed E-state index contributed by atoms with van der Waals surface area (Å²) in [5, 5.41) is 5.66. The summed E-state index contributed by atoms with van der Waals surface area (Å²) in [5.74, 6) is 0.488. The lowest BCUT2D eigenvalue weighted by atomic mass is 10.1.